The molecular formula is C41H36ClNO6S. The van der Waals surface area contributed by atoms with E-state index in [1.165, 1.54) is 0 Å². The van der Waals surface area contributed by atoms with Crippen molar-refractivity contribution in [2.24, 2.45) is 0 Å². The van der Waals surface area contributed by atoms with Crippen molar-refractivity contribution in [3.8, 4) is 10.6 Å². The van der Waals surface area contributed by atoms with E-state index >= 15 is 0 Å². The standard InChI is InChI=1S/C41H36ClNO6S/c42-33-19-18-31(21-32(33)22-37-43-23-36(50-37)34-17-10-20-45-34)38-40(47-26-29-13-6-2-7-14-29)41(48-27-30-15-8-3-9-16-30)39(35(24-44)49-38)46-25-28-11-4-1-5-12-28/h1-21,23-24,35,38-41H,22,25-27H2/t35?,38-,39?,40?,41?/m0/s1. The second-order valence-corrected chi connectivity index (χ2v) is 13.6. The van der Waals surface area contributed by atoms with Crippen molar-refractivity contribution in [1.29, 1.82) is 0 Å². The van der Waals surface area contributed by atoms with Crippen LogP contribution in [0.5, 0.6) is 0 Å². The van der Waals surface area contributed by atoms with E-state index in [0.717, 1.165) is 49.7 Å². The molecule has 0 amide bonds. The molecule has 7 nitrogen and oxygen atoms in total. The lowest BCUT2D eigenvalue weighted by Gasteiger charge is -2.45. The molecule has 0 bridgehead atoms. The van der Waals surface area contributed by atoms with E-state index in [9.17, 15) is 4.79 Å². The third-order valence-corrected chi connectivity index (χ3v) is 10.0. The lowest BCUT2D eigenvalue weighted by Crippen LogP contribution is -2.57. The predicted molar refractivity (Wildman–Crippen MR) is 193 cm³/mol. The minimum absolute atomic E-state index is 0.277. The maximum Gasteiger partial charge on any atom is 0.151 e. The summed E-state index contributed by atoms with van der Waals surface area (Å²) in [6.07, 6.45) is 1.14. The van der Waals surface area contributed by atoms with Gasteiger partial charge in [-0.1, -0.05) is 115 Å². The molecule has 254 valence electrons. The molecule has 1 saturated heterocycles. The Labute approximate surface area is 300 Å². The Balaban J connectivity index is 1.22. The summed E-state index contributed by atoms with van der Waals surface area (Å²) in [6.45, 7) is 0.885. The number of carbonyl (C=O) groups excluding carboxylic acids is 1. The summed E-state index contributed by atoms with van der Waals surface area (Å²) in [7, 11) is 0. The number of halogens is 1. The largest absolute Gasteiger partial charge is 0.463 e. The Bertz CT molecular complexity index is 1940. The topological polar surface area (TPSA) is 80.0 Å². The number of ether oxygens (including phenoxy) is 4. The van der Waals surface area contributed by atoms with Crippen LogP contribution in [0.25, 0.3) is 10.6 Å². The summed E-state index contributed by atoms with van der Waals surface area (Å²) in [5.74, 6) is 0.771. The van der Waals surface area contributed by atoms with Crippen molar-refractivity contribution in [3.63, 3.8) is 0 Å². The Hall–Kier alpha value is -4.41. The fraction of sp³-hybridized carbons (Fsp3) is 0.220. The van der Waals surface area contributed by atoms with Gasteiger partial charge < -0.3 is 28.2 Å². The van der Waals surface area contributed by atoms with Gasteiger partial charge in [-0.05, 0) is 46.0 Å². The number of thiazole rings is 1. The fourth-order valence-corrected chi connectivity index (χ4v) is 7.20. The quantitative estimate of drug-likeness (QED) is 0.105. The van der Waals surface area contributed by atoms with Gasteiger partial charge in [-0.2, -0.15) is 0 Å². The van der Waals surface area contributed by atoms with E-state index in [2.05, 4.69) is 4.98 Å². The Morgan fingerprint density at radius 3 is 1.90 bits per heavy atom. The highest BCUT2D eigenvalue weighted by Crippen LogP contribution is 2.39. The third-order valence-electron chi connectivity index (χ3n) is 8.62. The molecular weight excluding hydrogens is 670 g/mol. The van der Waals surface area contributed by atoms with Crippen LogP contribution in [0, 0.1) is 0 Å². The van der Waals surface area contributed by atoms with E-state index in [1.54, 1.807) is 17.6 Å². The Morgan fingerprint density at radius 2 is 1.32 bits per heavy atom. The molecule has 9 heteroatoms. The lowest BCUT2D eigenvalue weighted by atomic mass is 9.89. The van der Waals surface area contributed by atoms with Crippen molar-refractivity contribution < 1.29 is 28.2 Å². The van der Waals surface area contributed by atoms with Crippen LogP contribution in [0.2, 0.25) is 5.02 Å². The molecule has 50 heavy (non-hydrogen) atoms. The van der Waals surface area contributed by atoms with Gasteiger partial charge in [-0.25, -0.2) is 4.98 Å². The summed E-state index contributed by atoms with van der Waals surface area (Å²) >= 11 is 8.33. The van der Waals surface area contributed by atoms with Gasteiger partial charge in [0.15, 0.2) is 6.29 Å². The first-order valence-corrected chi connectivity index (χ1v) is 17.7. The average molecular weight is 706 g/mol. The number of furan rings is 1. The molecule has 1 aliphatic heterocycles. The van der Waals surface area contributed by atoms with E-state index in [4.69, 9.17) is 35.0 Å². The van der Waals surface area contributed by atoms with Crippen LogP contribution in [-0.2, 0) is 50.0 Å². The third kappa shape index (κ3) is 8.30. The lowest BCUT2D eigenvalue weighted by molar-refractivity contribution is -0.259. The van der Waals surface area contributed by atoms with Crippen LogP contribution in [0.3, 0.4) is 0 Å². The monoisotopic (exact) mass is 705 g/mol. The van der Waals surface area contributed by atoms with Crippen LogP contribution < -0.4 is 0 Å². The van der Waals surface area contributed by atoms with E-state index < -0.39 is 30.5 Å². The van der Waals surface area contributed by atoms with Gasteiger partial charge >= 0.3 is 0 Å². The highest BCUT2D eigenvalue weighted by molar-refractivity contribution is 7.15. The average Bonchev–Trinajstić information content (AvgIpc) is 3.87. The smallest absolute Gasteiger partial charge is 0.151 e. The molecule has 5 atom stereocenters. The predicted octanol–water partition coefficient (Wildman–Crippen LogP) is 9.04. The summed E-state index contributed by atoms with van der Waals surface area (Å²) in [5.41, 5.74) is 4.66. The minimum Gasteiger partial charge on any atom is -0.463 e. The molecule has 0 saturated carbocycles. The molecule has 1 fully saturated rings. The number of benzene rings is 4. The van der Waals surface area contributed by atoms with Gasteiger partial charge in [-0.3, -0.25) is 0 Å². The Kier molecular flexibility index (Phi) is 11.3. The first-order valence-electron chi connectivity index (χ1n) is 16.5. The molecule has 0 aliphatic carbocycles. The molecule has 1 aliphatic rings. The number of aromatic nitrogens is 1. The van der Waals surface area contributed by atoms with Crippen LogP contribution in [0.15, 0.2) is 138 Å². The van der Waals surface area contributed by atoms with Crippen molar-refractivity contribution in [2.45, 2.75) is 56.8 Å². The molecule has 7 rings (SSSR count). The van der Waals surface area contributed by atoms with Crippen LogP contribution in [0.1, 0.15) is 38.9 Å². The number of hydrogen-bond acceptors (Lipinski definition) is 8. The van der Waals surface area contributed by atoms with Gasteiger partial charge in [0.25, 0.3) is 0 Å². The minimum atomic E-state index is -0.921. The van der Waals surface area contributed by atoms with Crippen molar-refractivity contribution in [1.82, 2.24) is 4.98 Å². The van der Waals surface area contributed by atoms with Crippen LogP contribution >= 0.6 is 22.9 Å². The molecule has 0 N–H and O–H groups in total. The summed E-state index contributed by atoms with van der Waals surface area (Å²) in [5, 5.41) is 1.50. The number of carbonyl (C=O) groups is 1. The van der Waals surface area contributed by atoms with Crippen molar-refractivity contribution >= 4 is 29.2 Å². The molecule has 3 heterocycles. The maximum atomic E-state index is 12.8. The number of hydrogen-bond donors (Lipinski definition) is 0. The van der Waals surface area contributed by atoms with E-state index in [-0.39, 0.29) is 6.61 Å². The van der Waals surface area contributed by atoms with Gasteiger partial charge in [-0.15, -0.1) is 11.3 Å². The maximum absolute atomic E-state index is 12.8. The van der Waals surface area contributed by atoms with Crippen molar-refractivity contribution in [3.05, 3.63) is 172 Å². The highest BCUT2D eigenvalue weighted by Gasteiger charge is 2.49. The molecule has 0 radical (unpaired) electrons. The Morgan fingerprint density at radius 1 is 0.720 bits per heavy atom. The zero-order valence-corrected chi connectivity index (χ0v) is 28.7. The van der Waals surface area contributed by atoms with E-state index in [0.29, 0.717) is 24.7 Å². The molecule has 4 aromatic carbocycles. The van der Waals surface area contributed by atoms with Crippen molar-refractivity contribution in [2.75, 3.05) is 0 Å². The van der Waals surface area contributed by atoms with E-state index in [1.807, 2.05) is 128 Å². The molecule has 6 aromatic rings. The van der Waals surface area contributed by atoms with Gasteiger partial charge in [0, 0.05) is 17.6 Å². The zero-order valence-electron chi connectivity index (χ0n) is 27.2. The number of nitrogens with zero attached hydrogens (tertiary/aromatic N) is 1. The molecule has 0 spiro atoms. The summed E-state index contributed by atoms with van der Waals surface area (Å²) < 4.78 is 32.2. The first kappa shape index (κ1) is 34.1. The SMILES string of the molecule is O=CC1O[C@@H](c2ccc(Cl)c(Cc3ncc(-c4ccco4)s3)c2)C(OCc2ccccc2)C(OCc2ccccc2)C1OCc1ccccc1. The van der Waals surface area contributed by atoms with Gasteiger partial charge in [0.1, 0.15) is 36.3 Å². The van der Waals surface area contributed by atoms with Crippen LogP contribution in [0.4, 0.5) is 0 Å². The molecule has 4 unspecified atom stereocenters. The second-order valence-electron chi connectivity index (χ2n) is 12.1. The first-order chi connectivity index (χ1) is 24.6. The number of rotatable bonds is 14. The number of aldehydes is 1. The van der Waals surface area contributed by atoms with Gasteiger partial charge in [0.05, 0.1) is 36.0 Å². The second kappa shape index (κ2) is 16.5. The highest BCUT2D eigenvalue weighted by atomic mass is 35.5. The normalized spacial score (nSPS) is 20.5. The molecule has 2 aromatic heterocycles. The van der Waals surface area contributed by atoms with Gasteiger partial charge in [0.2, 0.25) is 0 Å². The van der Waals surface area contributed by atoms with Crippen LogP contribution in [-0.4, -0.2) is 35.7 Å². The summed E-state index contributed by atoms with van der Waals surface area (Å²) in [4.78, 5) is 18.4. The fourth-order valence-electron chi connectivity index (χ4n) is 6.10. The zero-order chi connectivity index (χ0) is 34.1. The summed E-state index contributed by atoms with van der Waals surface area (Å²) in [6, 6.07) is 39.3.